The largest absolute Gasteiger partial charge is 0.494 e. The molecule has 0 saturated carbocycles. The van der Waals surface area contributed by atoms with E-state index in [4.69, 9.17) is 4.74 Å². The van der Waals surface area contributed by atoms with E-state index < -0.39 is 17.6 Å². The summed E-state index contributed by atoms with van der Waals surface area (Å²) in [6, 6.07) is 22.4. The van der Waals surface area contributed by atoms with Gasteiger partial charge in [-0.2, -0.15) is 0 Å². The minimum atomic E-state index is -0.411. The monoisotopic (exact) mass is 430 g/mol. The molecule has 0 bridgehead atoms. The van der Waals surface area contributed by atoms with Gasteiger partial charge in [0.1, 0.15) is 17.3 Å². The number of imide groups is 1. The van der Waals surface area contributed by atoms with Crippen LogP contribution in [0.5, 0.6) is 5.75 Å². The standard InChI is InChI=1S/C26H23FN2O3/c1-2-32-22-10-6-9-21(17-22)28-24-23(19-11-13-20(27)14-12-19)25(30)29(26(24)31)16-15-18-7-4-3-5-8-18/h3-14,17,28H,2,15-16H2,1H3. The molecule has 4 rings (SSSR count). The Bertz CT molecular complexity index is 1160. The lowest BCUT2D eigenvalue weighted by atomic mass is 10.0. The van der Waals surface area contributed by atoms with E-state index in [1.807, 2.05) is 43.3 Å². The second-order valence-corrected chi connectivity index (χ2v) is 7.34. The van der Waals surface area contributed by atoms with Crippen LogP contribution in [-0.2, 0) is 16.0 Å². The SMILES string of the molecule is CCOc1cccc(NC2=C(c3ccc(F)cc3)C(=O)N(CCc3ccccc3)C2=O)c1. The fraction of sp³-hybridized carbons (Fsp3) is 0.154. The average molecular weight is 430 g/mol. The van der Waals surface area contributed by atoms with Crippen molar-refractivity contribution in [2.45, 2.75) is 13.3 Å². The first kappa shape index (κ1) is 21.3. The van der Waals surface area contributed by atoms with E-state index in [9.17, 15) is 14.0 Å². The molecule has 6 heteroatoms. The molecule has 0 radical (unpaired) electrons. The van der Waals surface area contributed by atoms with Crippen molar-refractivity contribution < 1.29 is 18.7 Å². The number of nitrogens with one attached hydrogen (secondary N) is 1. The topological polar surface area (TPSA) is 58.6 Å². The van der Waals surface area contributed by atoms with Gasteiger partial charge in [0.15, 0.2) is 0 Å². The summed E-state index contributed by atoms with van der Waals surface area (Å²) >= 11 is 0. The number of ether oxygens (including phenoxy) is 1. The first-order chi connectivity index (χ1) is 15.6. The Morgan fingerprint density at radius 3 is 2.38 bits per heavy atom. The summed E-state index contributed by atoms with van der Waals surface area (Å²) < 4.78 is 19.0. The summed E-state index contributed by atoms with van der Waals surface area (Å²) in [5.41, 5.74) is 2.53. The summed E-state index contributed by atoms with van der Waals surface area (Å²) in [4.78, 5) is 27.8. The Hall–Kier alpha value is -3.93. The molecule has 1 aliphatic heterocycles. The van der Waals surface area contributed by atoms with Crippen LogP contribution in [0.2, 0.25) is 0 Å². The Labute approximate surface area is 186 Å². The lowest BCUT2D eigenvalue weighted by Crippen LogP contribution is -2.34. The molecule has 0 spiro atoms. The number of carbonyl (C=O) groups is 2. The first-order valence-corrected chi connectivity index (χ1v) is 10.5. The maximum absolute atomic E-state index is 13.5. The Morgan fingerprint density at radius 2 is 1.66 bits per heavy atom. The van der Waals surface area contributed by atoms with Gasteiger partial charge in [0.2, 0.25) is 0 Å². The number of benzene rings is 3. The van der Waals surface area contributed by atoms with Crippen LogP contribution in [0.25, 0.3) is 5.57 Å². The van der Waals surface area contributed by atoms with E-state index in [1.54, 1.807) is 18.2 Å². The molecule has 2 amide bonds. The lowest BCUT2D eigenvalue weighted by Gasteiger charge is -2.15. The van der Waals surface area contributed by atoms with E-state index in [0.717, 1.165) is 5.56 Å². The van der Waals surface area contributed by atoms with Crippen LogP contribution in [0, 0.1) is 5.82 Å². The molecule has 0 saturated heterocycles. The summed E-state index contributed by atoms with van der Waals surface area (Å²) in [5.74, 6) is -0.571. The Kier molecular flexibility index (Phi) is 6.31. The van der Waals surface area contributed by atoms with Crippen molar-refractivity contribution >= 4 is 23.1 Å². The van der Waals surface area contributed by atoms with Crippen molar-refractivity contribution in [3.05, 3.63) is 102 Å². The van der Waals surface area contributed by atoms with E-state index in [2.05, 4.69) is 5.32 Å². The molecule has 0 aliphatic carbocycles. The third-order valence-electron chi connectivity index (χ3n) is 5.18. The Balaban J connectivity index is 1.66. The highest BCUT2D eigenvalue weighted by molar-refractivity contribution is 6.36. The molecule has 1 heterocycles. The Morgan fingerprint density at radius 1 is 0.906 bits per heavy atom. The predicted molar refractivity (Wildman–Crippen MR) is 121 cm³/mol. The first-order valence-electron chi connectivity index (χ1n) is 10.5. The predicted octanol–water partition coefficient (Wildman–Crippen LogP) is 4.66. The molecule has 0 fully saturated rings. The molecule has 0 atom stereocenters. The van der Waals surface area contributed by atoms with Crippen LogP contribution < -0.4 is 10.1 Å². The normalized spacial score (nSPS) is 13.6. The number of anilines is 1. The van der Waals surface area contributed by atoms with Gasteiger partial charge >= 0.3 is 0 Å². The van der Waals surface area contributed by atoms with Crippen molar-refractivity contribution in [3.63, 3.8) is 0 Å². The summed E-state index contributed by atoms with van der Waals surface area (Å²) in [6.45, 7) is 2.65. The molecule has 0 unspecified atom stereocenters. The molecule has 0 aromatic heterocycles. The van der Waals surface area contributed by atoms with Crippen LogP contribution in [0.15, 0.2) is 84.6 Å². The highest BCUT2D eigenvalue weighted by atomic mass is 19.1. The summed E-state index contributed by atoms with van der Waals surface area (Å²) in [6.07, 6.45) is 0.544. The van der Waals surface area contributed by atoms with E-state index in [1.165, 1.54) is 29.2 Å². The van der Waals surface area contributed by atoms with Gasteiger partial charge in [-0.05, 0) is 48.7 Å². The second kappa shape index (κ2) is 9.47. The smallest absolute Gasteiger partial charge is 0.278 e. The fourth-order valence-electron chi connectivity index (χ4n) is 3.64. The molecular formula is C26H23FN2O3. The van der Waals surface area contributed by atoms with Gasteiger partial charge in [-0.25, -0.2) is 4.39 Å². The average Bonchev–Trinajstić information content (AvgIpc) is 3.03. The second-order valence-electron chi connectivity index (χ2n) is 7.34. The number of rotatable bonds is 8. The van der Waals surface area contributed by atoms with Crippen LogP contribution in [0.1, 0.15) is 18.1 Å². The molecule has 1 aliphatic rings. The van der Waals surface area contributed by atoms with Crippen molar-refractivity contribution in [1.82, 2.24) is 4.90 Å². The van der Waals surface area contributed by atoms with Gasteiger partial charge < -0.3 is 10.1 Å². The third kappa shape index (κ3) is 4.54. The van der Waals surface area contributed by atoms with Gasteiger partial charge in [0, 0.05) is 18.3 Å². The molecule has 1 N–H and O–H groups in total. The van der Waals surface area contributed by atoms with Crippen LogP contribution in [0.3, 0.4) is 0 Å². The number of hydrogen-bond acceptors (Lipinski definition) is 4. The number of hydrogen-bond donors (Lipinski definition) is 1. The van der Waals surface area contributed by atoms with Crippen LogP contribution in [-0.4, -0.2) is 29.9 Å². The van der Waals surface area contributed by atoms with Gasteiger partial charge in [0.25, 0.3) is 11.8 Å². The van der Waals surface area contributed by atoms with Gasteiger partial charge in [-0.15, -0.1) is 0 Å². The summed E-state index contributed by atoms with van der Waals surface area (Å²) in [5, 5.41) is 3.11. The zero-order valence-corrected chi connectivity index (χ0v) is 17.7. The maximum Gasteiger partial charge on any atom is 0.278 e. The van der Waals surface area contributed by atoms with Crippen molar-refractivity contribution in [2.24, 2.45) is 0 Å². The number of nitrogens with zero attached hydrogens (tertiary/aromatic N) is 1. The highest BCUT2D eigenvalue weighted by Gasteiger charge is 2.39. The van der Waals surface area contributed by atoms with Gasteiger partial charge in [-0.1, -0.05) is 48.5 Å². The minimum Gasteiger partial charge on any atom is -0.494 e. The molecule has 3 aromatic carbocycles. The number of amides is 2. The minimum absolute atomic E-state index is 0.170. The zero-order chi connectivity index (χ0) is 22.5. The molecule has 32 heavy (non-hydrogen) atoms. The van der Waals surface area contributed by atoms with E-state index >= 15 is 0 Å². The lowest BCUT2D eigenvalue weighted by molar-refractivity contribution is -0.136. The van der Waals surface area contributed by atoms with Crippen molar-refractivity contribution in [3.8, 4) is 5.75 Å². The fourth-order valence-corrected chi connectivity index (χ4v) is 3.64. The van der Waals surface area contributed by atoms with Gasteiger partial charge in [0.05, 0.1) is 12.2 Å². The molecule has 162 valence electrons. The van der Waals surface area contributed by atoms with E-state index in [-0.39, 0.29) is 17.8 Å². The summed E-state index contributed by atoms with van der Waals surface area (Å²) in [7, 11) is 0. The van der Waals surface area contributed by atoms with Gasteiger partial charge in [-0.3, -0.25) is 14.5 Å². The molecule has 5 nitrogen and oxygen atoms in total. The molecule has 3 aromatic rings. The number of carbonyl (C=O) groups excluding carboxylic acids is 2. The third-order valence-corrected chi connectivity index (χ3v) is 5.18. The quantitative estimate of drug-likeness (QED) is 0.528. The highest BCUT2D eigenvalue weighted by Crippen LogP contribution is 2.31. The van der Waals surface area contributed by atoms with Crippen LogP contribution >= 0.6 is 0 Å². The maximum atomic E-state index is 13.5. The van der Waals surface area contributed by atoms with Crippen molar-refractivity contribution in [1.29, 1.82) is 0 Å². The molecular weight excluding hydrogens is 407 g/mol. The number of halogens is 1. The van der Waals surface area contributed by atoms with E-state index in [0.29, 0.717) is 30.0 Å². The zero-order valence-electron chi connectivity index (χ0n) is 17.7. The van der Waals surface area contributed by atoms with Crippen LogP contribution in [0.4, 0.5) is 10.1 Å². The van der Waals surface area contributed by atoms with Crippen molar-refractivity contribution in [2.75, 3.05) is 18.5 Å².